The first-order chi connectivity index (χ1) is 10.8. The van der Waals surface area contributed by atoms with E-state index in [0.717, 1.165) is 11.1 Å². The van der Waals surface area contributed by atoms with Crippen LogP contribution in [0.1, 0.15) is 28.4 Å². The molecule has 124 valence electrons. The Kier molecular flexibility index (Phi) is 6.99. The number of rotatable bonds is 7. The summed E-state index contributed by atoms with van der Waals surface area (Å²) in [5, 5.41) is 4.99. The zero-order valence-electron chi connectivity index (χ0n) is 13.6. The molecule has 0 spiro atoms. The van der Waals surface area contributed by atoms with Gasteiger partial charge in [0.15, 0.2) is 6.10 Å². The first-order valence-corrected chi connectivity index (χ1v) is 7.28. The van der Waals surface area contributed by atoms with Crippen LogP contribution in [0.15, 0.2) is 30.9 Å². The van der Waals surface area contributed by atoms with Gasteiger partial charge >= 0.3 is 5.97 Å². The van der Waals surface area contributed by atoms with Crippen LogP contribution < -0.4 is 10.6 Å². The molecule has 0 aliphatic carbocycles. The van der Waals surface area contributed by atoms with Crippen molar-refractivity contribution in [2.75, 3.05) is 13.1 Å². The molecule has 0 heterocycles. The zero-order valence-corrected chi connectivity index (χ0v) is 13.6. The third kappa shape index (κ3) is 5.94. The highest BCUT2D eigenvalue weighted by atomic mass is 16.5. The SMILES string of the molecule is C=CCNC(=O)C(C)OC(=O)CNC(=O)c1ccc(C)c(C)c1. The number of carbonyl (C=O) groups excluding carboxylic acids is 3. The molecule has 1 aromatic carbocycles. The second-order valence-corrected chi connectivity index (χ2v) is 5.15. The molecule has 6 nitrogen and oxygen atoms in total. The number of hydrogen-bond acceptors (Lipinski definition) is 4. The summed E-state index contributed by atoms with van der Waals surface area (Å²) in [6.45, 7) is 8.79. The Morgan fingerprint density at radius 3 is 2.52 bits per heavy atom. The Hall–Kier alpha value is -2.63. The van der Waals surface area contributed by atoms with Crippen LogP contribution in [0, 0.1) is 13.8 Å². The van der Waals surface area contributed by atoms with Gasteiger partial charge in [-0.3, -0.25) is 14.4 Å². The third-order valence-electron chi connectivity index (χ3n) is 3.26. The second-order valence-electron chi connectivity index (χ2n) is 5.15. The van der Waals surface area contributed by atoms with Crippen LogP contribution in [0.25, 0.3) is 0 Å². The maximum atomic E-state index is 12.0. The molecule has 23 heavy (non-hydrogen) atoms. The van der Waals surface area contributed by atoms with Gasteiger partial charge < -0.3 is 15.4 Å². The van der Waals surface area contributed by atoms with E-state index >= 15 is 0 Å². The lowest BCUT2D eigenvalue weighted by Crippen LogP contribution is -2.38. The van der Waals surface area contributed by atoms with E-state index < -0.39 is 18.0 Å². The maximum absolute atomic E-state index is 12.0. The van der Waals surface area contributed by atoms with Crippen LogP contribution in [0.2, 0.25) is 0 Å². The van der Waals surface area contributed by atoms with Crippen LogP contribution in [-0.4, -0.2) is 37.0 Å². The van der Waals surface area contributed by atoms with Crippen molar-refractivity contribution >= 4 is 17.8 Å². The van der Waals surface area contributed by atoms with Gasteiger partial charge in [-0.2, -0.15) is 0 Å². The molecule has 0 saturated carbocycles. The minimum Gasteiger partial charge on any atom is -0.451 e. The molecular weight excluding hydrogens is 296 g/mol. The average Bonchev–Trinajstić information content (AvgIpc) is 2.52. The summed E-state index contributed by atoms with van der Waals surface area (Å²) < 4.78 is 4.94. The van der Waals surface area contributed by atoms with E-state index in [4.69, 9.17) is 4.74 Å². The van der Waals surface area contributed by atoms with Gasteiger partial charge in [0.05, 0.1) is 0 Å². The number of hydrogen-bond donors (Lipinski definition) is 2. The summed E-state index contributed by atoms with van der Waals surface area (Å²) in [6.07, 6.45) is 0.594. The number of benzene rings is 1. The monoisotopic (exact) mass is 318 g/mol. The number of carbonyl (C=O) groups is 3. The Morgan fingerprint density at radius 2 is 1.91 bits per heavy atom. The summed E-state index contributed by atoms with van der Waals surface area (Å²) in [6, 6.07) is 5.28. The highest BCUT2D eigenvalue weighted by Gasteiger charge is 2.17. The predicted octanol–water partition coefficient (Wildman–Crippen LogP) is 1.27. The molecule has 0 aromatic heterocycles. The summed E-state index contributed by atoms with van der Waals surface area (Å²) in [7, 11) is 0. The fraction of sp³-hybridized carbons (Fsp3) is 0.353. The van der Waals surface area contributed by atoms with E-state index in [-0.39, 0.29) is 12.5 Å². The standard InChI is InChI=1S/C17H22N2O4/c1-5-8-18-16(21)13(4)23-15(20)10-19-17(22)14-7-6-11(2)12(3)9-14/h5-7,9,13H,1,8,10H2,2-4H3,(H,18,21)(H,19,22). The van der Waals surface area contributed by atoms with Gasteiger partial charge in [-0.05, 0) is 44.0 Å². The fourth-order valence-corrected chi connectivity index (χ4v) is 1.75. The normalized spacial score (nSPS) is 11.3. The van der Waals surface area contributed by atoms with Gasteiger partial charge in [0.25, 0.3) is 11.8 Å². The molecule has 1 unspecified atom stereocenters. The van der Waals surface area contributed by atoms with Crippen molar-refractivity contribution < 1.29 is 19.1 Å². The number of ether oxygens (including phenoxy) is 1. The highest BCUT2D eigenvalue weighted by molar-refractivity contribution is 5.96. The van der Waals surface area contributed by atoms with Crippen molar-refractivity contribution in [2.24, 2.45) is 0 Å². The van der Waals surface area contributed by atoms with Gasteiger partial charge in [0, 0.05) is 12.1 Å². The number of nitrogens with one attached hydrogen (secondary N) is 2. The minimum absolute atomic E-state index is 0.296. The van der Waals surface area contributed by atoms with Crippen LogP contribution in [0.4, 0.5) is 0 Å². The van der Waals surface area contributed by atoms with E-state index in [1.54, 1.807) is 12.1 Å². The Balaban J connectivity index is 2.46. The molecule has 1 atom stereocenters. The molecule has 0 radical (unpaired) electrons. The van der Waals surface area contributed by atoms with Gasteiger partial charge in [-0.25, -0.2) is 0 Å². The molecule has 0 aliphatic heterocycles. The number of aryl methyl sites for hydroxylation is 2. The third-order valence-corrected chi connectivity index (χ3v) is 3.26. The van der Waals surface area contributed by atoms with E-state index in [0.29, 0.717) is 12.1 Å². The van der Waals surface area contributed by atoms with Crippen molar-refractivity contribution in [1.82, 2.24) is 10.6 Å². The summed E-state index contributed by atoms with van der Waals surface area (Å²) in [5.41, 5.74) is 2.55. The molecule has 0 aliphatic rings. The van der Waals surface area contributed by atoms with Crippen molar-refractivity contribution in [2.45, 2.75) is 26.9 Å². The molecule has 0 bridgehead atoms. The minimum atomic E-state index is -0.930. The molecule has 2 N–H and O–H groups in total. The molecule has 0 fully saturated rings. The fourth-order valence-electron chi connectivity index (χ4n) is 1.75. The molecule has 0 saturated heterocycles. The van der Waals surface area contributed by atoms with Gasteiger partial charge in [-0.15, -0.1) is 6.58 Å². The highest BCUT2D eigenvalue weighted by Crippen LogP contribution is 2.09. The lowest BCUT2D eigenvalue weighted by atomic mass is 10.1. The van der Waals surface area contributed by atoms with Crippen LogP contribution in [0.3, 0.4) is 0 Å². The molecule has 1 rings (SSSR count). The summed E-state index contributed by atoms with van der Waals surface area (Å²) in [4.78, 5) is 35.2. The average molecular weight is 318 g/mol. The van der Waals surface area contributed by atoms with Crippen LogP contribution in [-0.2, 0) is 14.3 Å². The predicted molar refractivity (Wildman–Crippen MR) is 87.0 cm³/mol. The topological polar surface area (TPSA) is 84.5 Å². The largest absolute Gasteiger partial charge is 0.451 e. The molecular formula is C17H22N2O4. The number of esters is 1. The zero-order chi connectivity index (χ0) is 17.4. The molecule has 1 aromatic rings. The first-order valence-electron chi connectivity index (χ1n) is 7.28. The summed E-state index contributed by atoms with van der Waals surface area (Å²) >= 11 is 0. The van der Waals surface area contributed by atoms with Gasteiger partial charge in [-0.1, -0.05) is 12.1 Å². The Morgan fingerprint density at radius 1 is 1.22 bits per heavy atom. The second kappa shape index (κ2) is 8.73. The first kappa shape index (κ1) is 18.4. The Bertz CT molecular complexity index is 611. The lowest BCUT2D eigenvalue weighted by Gasteiger charge is -2.13. The van der Waals surface area contributed by atoms with Crippen molar-refractivity contribution in [1.29, 1.82) is 0 Å². The van der Waals surface area contributed by atoms with Crippen LogP contribution >= 0.6 is 0 Å². The van der Waals surface area contributed by atoms with Crippen molar-refractivity contribution in [3.63, 3.8) is 0 Å². The van der Waals surface area contributed by atoms with E-state index in [1.807, 2.05) is 19.9 Å². The van der Waals surface area contributed by atoms with Gasteiger partial charge in [0.1, 0.15) is 6.54 Å². The molecule has 2 amide bonds. The van der Waals surface area contributed by atoms with Gasteiger partial charge in [0.2, 0.25) is 0 Å². The van der Waals surface area contributed by atoms with Crippen molar-refractivity contribution in [3.05, 3.63) is 47.5 Å². The quantitative estimate of drug-likeness (QED) is 0.586. The Labute approximate surface area is 135 Å². The maximum Gasteiger partial charge on any atom is 0.326 e. The van der Waals surface area contributed by atoms with Crippen LogP contribution in [0.5, 0.6) is 0 Å². The number of amides is 2. The smallest absolute Gasteiger partial charge is 0.326 e. The van der Waals surface area contributed by atoms with E-state index in [9.17, 15) is 14.4 Å². The van der Waals surface area contributed by atoms with E-state index in [1.165, 1.54) is 13.0 Å². The van der Waals surface area contributed by atoms with Crippen molar-refractivity contribution in [3.8, 4) is 0 Å². The lowest BCUT2D eigenvalue weighted by molar-refractivity contribution is -0.153. The summed E-state index contributed by atoms with van der Waals surface area (Å²) in [5.74, 6) is -1.46. The molecule has 6 heteroatoms. The van der Waals surface area contributed by atoms with E-state index in [2.05, 4.69) is 17.2 Å².